The lowest BCUT2D eigenvalue weighted by Crippen LogP contribution is -2.19. The van der Waals surface area contributed by atoms with E-state index in [0.717, 1.165) is 0 Å². The summed E-state index contributed by atoms with van der Waals surface area (Å²) in [5, 5.41) is 9.58. The fraction of sp³-hybridized carbons (Fsp3) is 0.400. The Morgan fingerprint density at radius 2 is 1.82 bits per heavy atom. The molecule has 4 nitrogen and oxygen atoms in total. The third kappa shape index (κ3) is 3.34. The number of nitrogens with two attached hydrogens (primary N) is 1. The predicted octanol–water partition coefficient (Wildman–Crippen LogP) is 2.10. The van der Waals surface area contributed by atoms with E-state index in [1.165, 1.54) is 26.4 Å². The minimum Gasteiger partial charge on any atom is -0.507 e. The van der Waals surface area contributed by atoms with Crippen molar-refractivity contribution in [2.24, 2.45) is 5.73 Å². The molecule has 1 aromatic rings. The number of methoxy groups -OCH3 is 2. The molecule has 0 heterocycles. The minimum absolute atomic E-state index is 0. The molecule has 17 heavy (non-hydrogen) atoms. The van der Waals surface area contributed by atoms with E-state index in [1.54, 1.807) is 0 Å². The maximum atomic E-state index is 12.5. The number of alkyl halides is 2. The van der Waals surface area contributed by atoms with Crippen LogP contribution in [0, 0.1) is 0 Å². The van der Waals surface area contributed by atoms with Crippen molar-refractivity contribution in [1.82, 2.24) is 0 Å². The number of hydrogen-bond acceptors (Lipinski definition) is 4. The molecule has 0 fully saturated rings. The topological polar surface area (TPSA) is 64.7 Å². The van der Waals surface area contributed by atoms with Crippen LogP contribution in [0.25, 0.3) is 0 Å². The molecule has 0 aliphatic rings. The van der Waals surface area contributed by atoms with Crippen molar-refractivity contribution in [1.29, 1.82) is 0 Å². The van der Waals surface area contributed by atoms with Gasteiger partial charge >= 0.3 is 0 Å². The zero-order valence-corrected chi connectivity index (χ0v) is 10.1. The van der Waals surface area contributed by atoms with E-state index in [1.807, 2.05) is 0 Å². The average Bonchev–Trinajstić information content (AvgIpc) is 2.26. The van der Waals surface area contributed by atoms with E-state index >= 15 is 0 Å². The monoisotopic (exact) mass is 269 g/mol. The van der Waals surface area contributed by atoms with Crippen LogP contribution in [0.5, 0.6) is 17.2 Å². The van der Waals surface area contributed by atoms with Crippen molar-refractivity contribution >= 4 is 12.4 Å². The van der Waals surface area contributed by atoms with E-state index < -0.39 is 12.5 Å². The summed E-state index contributed by atoms with van der Waals surface area (Å²) < 4.78 is 34.7. The highest BCUT2D eigenvalue weighted by Crippen LogP contribution is 2.38. The van der Waals surface area contributed by atoms with Gasteiger partial charge in [-0.05, 0) is 0 Å². The summed E-state index contributed by atoms with van der Waals surface area (Å²) in [4.78, 5) is 0. The Kier molecular flexibility index (Phi) is 5.98. The van der Waals surface area contributed by atoms with Crippen molar-refractivity contribution in [3.63, 3.8) is 0 Å². The molecule has 0 aliphatic carbocycles. The Balaban J connectivity index is 0.00000256. The molecule has 1 rings (SSSR count). The maximum absolute atomic E-state index is 12.5. The number of ether oxygens (including phenoxy) is 2. The summed E-state index contributed by atoms with van der Waals surface area (Å²) in [6.45, 7) is 0. The smallest absolute Gasteiger partial charge is 0.257 e. The quantitative estimate of drug-likeness (QED) is 0.879. The molecule has 7 heteroatoms. The third-order valence-corrected chi connectivity index (χ3v) is 2.15. The van der Waals surface area contributed by atoms with Gasteiger partial charge in [0.2, 0.25) is 0 Å². The van der Waals surface area contributed by atoms with Gasteiger partial charge in [0.05, 0.1) is 25.8 Å². The number of hydrogen-bond donors (Lipinski definition) is 2. The summed E-state index contributed by atoms with van der Waals surface area (Å²) in [6.07, 6.45) is -2.78. The lowest BCUT2D eigenvalue weighted by Gasteiger charge is -2.17. The first kappa shape index (κ1) is 15.7. The number of aromatic hydroxyl groups is 1. The highest BCUT2D eigenvalue weighted by Gasteiger charge is 2.25. The Bertz CT molecular complexity index is 377. The SMILES string of the molecule is COc1cc(O)c([C@@H](N)C(F)F)c(OC)c1.Cl. The van der Waals surface area contributed by atoms with E-state index in [4.69, 9.17) is 15.2 Å². The van der Waals surface area contributed by atoms with Crippen LogP contribution in [0.2, 0.25) is 0 Å². The Labute approximate surface area is 104 Å². The molecule has 0 saturated carbocycles. The van der Waals surface area contributed by atoms with Crippen LogP contribution in [0.15, 0.2) is 12.1 Å². The average molecular weight is 270 g/mol. The van der Waals surface area contributed by atoms with Crippen molar-refractivity contribution in [3.05, 3.63) is 17.7 Å². The van der Waals surface area contributed by atoms with Gasteiger partial charge in [-0.3, -0.25) is 0 Å². The summed E-state index contributed by atoms with van der Waals surface area (Å²) in [5.74, 6) is 0.00761. The highest BCUT2D eigenvalue weighted by atomic mass is 35.5. The van der Waals surface area contributed by atoms with Crippen molar-refractivity contribution < 1.29 is 23.4 Å². The van der Waals surface area contributed by atoms with E-state index in [9.17, 15) is 13.9 Å². The molecule has 0 unspecified atom stereocenters. The van der Waals surface area contributed by atoms with Gasteiger partial charge in [0, 0.05) is 12.1 Å². The first-order valence-corrected chi connectivity index (χ1v) is 4.49. The second-order valence-corrected chi connectivity index (χ2v) is 3.12. The largest absolute Gasteiger partial charge is 0.507 e. The normalized spacial score (nSPS) is 11.9. The Morgan fingerprint density at radius 1 is 1.24 bits per heavy atom. The molecular weight excluding hydrogens is 256 g/mol. The fourth-order valence-corrected chi connectivity index (χ4v) is 1.34. The van der Waals surface area contributed by atoms with Crippen LogP contribution in [-0.4, -0.2) is 25.8 Å². The first-order valence-electron chi connectivity index (χ1n) is 4.49. The van der Waals surface area contributed by atoms with Crippen LogP contribution < -0.4 is 15.2 Å². The van der Waals surface area contributed by atoms with Gasteiger partial charge in [-0.25, -0.2) is 8.78 Å². The molecule has 0 bridgehead atoms. The Hall–Kier alpha value is -1.27. The van der Waals surface area contributed by atoms with Gasteiger partial charge in [-0.1, -0.05) is 0 Å². The summed E-state index contributed by atoms with van der Waals surface area (Å²) in [7, 11) is 2.69. The fourth-order valence-electron chi connectivity index (χ4n) is 1.34. The summed E-state index contributed by atoms with van der Waals surface area (Å²) in [6, 6.07) is 0.998. The predicted molar refractivity (Wildman–Crippen MR) is 61.4 cm³/mol. The molecule has 98 valence electrons. The second-order valence-electron chi connectivity index (χ2n) is 3.12. The number of rotatable bonds is 4. The number of benzene rings is 1. The standard InChI is InChI=1S/C10H13F2NO3.ClH/c1-15-5-3-6(14)8(7(4-5)16-2)9(13)10(11)12;/h3-4,9-10,14H,13H2,1-2H3;1H/t9-;/m1./s1. The van der Waals surface area contributed by atoms with Crippen LogP contribution in [-0.2, 0) is 0 Å². The Morgan fingerprint density at radius 3 is 2.24 bits per heavy atom. The van der Waals surface area contributed by atoms with Crippen LogP contribution in [0.1, 0.15) is 11.6 Å². The van der Waals surface area contributed by atoms with Gasteiger partial charge in [0.15, 0.2) is 0 Å². The summed E-state index contributed by atoms with van der Waals surface area (Å²) >= 11 is 0. The number of phenols is 1. The van der Waals surface area contributed by atoms with E-state index in [0.29, 0.717) is 5.75 Å². The molecular formula is C10H14ClF2NO3. The molecule has 1 aromatic carbocycles. The number of phenolic OH excluding ortho intramolecular Hbond substituents is 1. The first-order chi connectivity index (χ1) is 7.51. The van der Waals surface area contributed by atoms with Crippen molar-refractivity contribution in [3.8, 4) is 17.2 Å². The van der Waals surface area contributed by atoms with Crippen LogP contribution >= 0.6 is 12.4 Å². The highest BCUT2D eigenvalue weighted by molar-refractivity contribution is 5.85. The van der Waals surface area contributed by atoms with Gasteiger partial charge in [0.1, 0.15) is 17.2 Å². The summed E-state index contributed by atoms with van der Waals surface area (Å²) in [5.41, 5.74) is 5.15. The van der Waals surface area contributed by atoms with E-state index in [-0.39, 0.29) is 29.5 Å². The van der Waals surface area contributed by atoms with Crippen molar-refractivity contribution in [2.45, 2.75) is 12.5 Å². The van der Waals surface area contributed by atoms with Crippen molar-refractivity contribution in [2.75, 3.05) is 14.2 Å². The van der Waals surface area contributed by atoms with E-state index in [2.05, 4.69) is 0 Å². The molecule has 0 aliphatic heterocycles. The molecule has 1 atom stereocenters. The molecule has 0 radical (unpaired) electrons. The zero-order valence-electron chi connectivity index (χ0n) is 9.31. The van der Waals surface area contributed by atoms with Crippen LogP contribution in [0.3, 0.4) is 0 Å². The molecule has 0 saturated heterocycles. The maximum Gasteiger partial charge on any atom is 0.257 e. The lowest BCUT2D eigenvalue weighted by molar-refractivity contribution is 0.113. The third-order valence-electron chi connectivity index (χ3n) is 2.15. The van der Waals surface area contributed by atoms with Crippen LogP contribution in [0.4, 0.5) is 8.78 Å². The minimum atomic E-state index is -2.78. The molecule has 0 amide bonds. The van der Waals surface area contributed by atoms with Gasteiger partial charge in [-0.15, -0.1) is 12.4 Å². The molecule has 3 N–H and O–H groups in total. The molecule has 0 spiro atoms. The van der Waals surface area contributed by atoms with Gasteiger partial charge in [-0.2, -0.15) is 0 Å². The van der Waals surface area contributed by atoms with Gasteiger partial charge in [0.25, 0.3) is 6.43 Å². The molecule has 0 aromatic heterocycles. The lowest BCUT2D eigenvalue weighted by atomic mass is 10.1. The zero-order chi connectivity index (χ0) is 12.3. The number of halogens is 3. The van der Waals surface area contributed by atoms with Gasteiger partial charge < -0.3 is 20.3 Å². The second kappa shape index (κ2) is 6.46.